The Balaban J connectivity index is 0.0000000900. The number of morpholine rings is 2. The van der Waals surface area contributed by atoms with Gasteiger partial charge in [-0.1, -0.05) is 6.42 Å². The smallest absolute Gasteiger partial charge is 0.0714 e. The highest BCUT2D eigenvalue weighted by Crippen LogP contribution is 2.31. The summed E-state index contributed by atoms with van der Waals surface area (Å²) in [4.78, 5) is 2.47. The van der Waals surface area contributed by atoms with Crippen LogP contribution in [0.3, 0.4) is 0 Å². The Morgan fingerprint density at radius 2 is 1.47 bits per heavy atom. The minimum atomic E-state index is 0.550. The second-order valence-electron chi connectivity index (χ2n) is 11.4. The average Bonchev–Trinajstić information content (AvgIpc) is 3.56. The molecule has 8 rings (SSSR count). The highest BCUT2D eigenvalue weighted by Gasteiger charge is 2.29. The summed E-state index contributed by atoms with van der Waals surface area (Å²) >= 11 is 0. The maximum absolute atomic E-state index is 5.53. The zero-order chi connectivity index (χ0) is 21.6. The summed E-state index contributed by atoms with van der Waals surface area (Å²) in [5.41, 5.74) is 0. The predicted molar refractivity (Wildman–Crippen MR) is 129 cm³/mol. The quantitative estimate of drug-likeness (QED) is 0.530. The molecule has 32 heavy (non-hydrogen) atoms. The van der Waals surface area contributed by atoms with E-state index < -0.39 is 0 Å². The molecule has 7 aliphatic heterocycles. The van der Waals surface area contributed by atoms with E-state index in [1.807, 2.05) is 0 Å². The summed E-state index contributed by atoms with van der Waals surface area (Å²) in [6, 6.07) is 2.73. The number of ether oxygens (including phenoxy) is 2. The molecular weight excluding hydrogens is 400 g/mol. The van der Waals surface area contributed by atoms with Gasteiger partial charge in [0.15, 0.2) is 0 Å². The number of hydrogen-bond acceptors (Lipinski definition) is 6. The van der Waals surface area contributed by atoms with Crippen LogP contribution in [0.15, 0.2) is 0 Å². The van der Waals surface area contributed by atoms with Crippen LogP contribution < -0.4 is 16.0 Å². The van der Waals surface area contributed by atoms with Crippen LogP contribution in [0.4, 0.5) is 0 Å². The summed E-state index contributed by atoms with van der Waals surface area (Å²) in [6.07, 6.45) is 18.6. The number of nitrogens with one attached hydrogen (secondary N) is 3. The molecule has 8 atom stereocenters. The van der Waals surface area contributed by atoms with Crippen LogP contribution >= 0.6 is 0 Å². The fourth-order valence-electron chi connectivity index (χ4n) is 6.95. The van der Waals surface area contributed by atoms with Crippen molar-refractivity contribution in [3.63, 3.8) is 0 Å². The molecule has 0 aromatic carbocycles. The monoisotopic (exact) mass is 448 g/mol. The van der Waals surface area contributed by atoms with E-state index in [1.54, 1.807) is 0 Å². The van der Waals surface area contributed by atoms with Gasteiger partial charge >= 0.3 is 0 Å². The molecule has 7 saturated heterocycles. The van der Waals surface area contributed by atoms with Gasteiger partial charge in [0.1, 0.15) is 0 Å². The molecule has 8 bridgehead atoms. The van der Waals surface area contributed by atoms with Gasteiger partial charge in [-0.25, -0.2) is 0 Å². The van der Waals surface area contributed by atoms with Gasteiger partial charge in [-0.3, -0.25) is 4.90 Å². The first-order valence-corrected chi connectivity index (χ1v) is 14.0. The zero-order valence-electron chi connectivity index (χ0n) is 20.2. The third kappa shape index (κ3) is 6.89. The van der Waals surface area contributed by atoms with E-state index in [2.05, 4.69) is 20.9 Å². The first-order valence-electron chi connectivity index (χ1n) is 14.0. The van der Waals surface area contributed by atoms with Crippen molar-refractivity contribution in [1.82, 2.24) is 20.9 Å². The molecule has 7 heterocycles. The Labute approximate surface area is 195 Å². The van der Waals surface area contributed by atoms with Crippen molar-refractivity contribution in [3.8, 4) is 0 Å². The Morgan fingerprint density at radius 1 is 0.688 bits per heavy atom. The Morgan fingerprint density at radius 3 is 2.09 bits per heavy atom. The number of rotatable bonds is 0. The van der Waals surface area contributed by atoms with E-state index in [4.69, 9.17) is 9.47 Å². The fourth-order valence-corrected chi connectivity index (χ4v) is 6.95. The normalized spacial score (nSPS) is 45.0. The molecule has 0 radical (unpaired) electrons. The minimum absolute atomic E-state index is 0.550. The van der Waals surface area contributed by atoms with E-state index in [-0.39, 0.29) is 0 Å². The van der Waals surface area contributed by atoms with Gasteiger partial charge in [0, 0.05) is 50.8 Å². The lowest BCUT2D eigenvalue weighted by atomic mass is 10.0. The van der Waals surface area contributed by atoms with Gasteiger partial charge in [-0.15, -0.1) is 0 Å². The molecule has 0 aromatic rings. The van der Waals surface area contributed by atoms with Gasteiger partial charge in [-0.2, -0.15) is 0 Å². The van der Waals surface area contributed by atoms with Crippen molar-refractivity contribution in [2.45, 2.75) is 113 Å². The van der Waals surface area contributed by atoms with Crippen LogP contribution in [-0.2, 0) is 9.47 Å². The standard InChI is InChI=1S/2C7H13N.2C6H11NO/c1-2-7-5-6(1)3-4-8-7;1-2-6-4-5-7(3-1)8-6;1-2-6-4-7-3-5(1)8-6;1-2-7-3-4-8-6(1)5-7/h2*6-8H,1-5H2;5-7H,1-4H2;6H,1-5H2. The first kappa shape index (κ1) is 23.5. The third-order valence-corrected chi connectivity index (χ3v) is 8.90. The largest absolute Gasteiger partial charge is 0.376 e. The van der Waals surface area contributed by atoms with Crippen molar-refractivity contribution < 1.29 is 9.47 Å². The average molecular weight is 449 g/mol. The molecule has 184 valence electrons. The molecule has 6 heteroatoms. The topological polar surface area (TPSA) is 57.8 Å². The number of fused-ring (bicyclic) bond motifs is 8. The second-order valence-corrected chi connectivity index (χ2v) is 11.4. The molecule has 1 saturated carbocycles. The Hall–Kier alpha value is -0.240. The Bertz CT molecular complexity index is 412. The highest BCUT2D eigenvalue weighted by atomic mass is 16.5. The number of piperidine rings is 2. The van der Waals surface area contributed by atoms with Crippen molar-refractivity contribution in [3.05, 3.63) is 0 Å². The van der Waals surface area contributed by atoms with Crippen LogP contribution in [-0.4, -0.2) is 87.2 Å². The van der Waals surface area contributed by atoms with E-state index in [0.717, 1.165) is 50.3 Å². The van der Waals surface area contributed by atoms with E-state index in [0.29, 0.717) is 18.3 Å². The number of hydrogen-bond donors (Lipinski definition) is 3. The van der Waals surface area contributed by atoms with Crippen molar-refractivity contribution in [2.24, 2.45) is 5.92 Å². The summed E-state index contributed by atoms with van der Waals surface area (Å²) in [6.45, 7) is 8.04. The van der Waals surface area contributed by atoms with Gasteiger partial charge < -0.3 is 25.4 Å². The van der Waals surface area contributed by atoms with E-state index >= 15 is 0 Å². The lowest BCUT2D eigenvalue weighted by molar-refractivity contribution is 0.0182. The van der Waals surface area contributed by atoms with Gasteiger partial charge in [0.2, 0.25) is 0 Å². The minimum Gasteiger partial charge on any atom is -0.376 e. The summed E-state index contributed by atoms with van der Waals surface area (Å²) in [7, 11) is 0. The van der Waals surface area contributed by atoms with Crippen LogP contribution in [0.2, 0.25) is 0 Å². The maximum atomic E-state index is 5.53. The van der Waals surface area contributed by atoms with Crippen molar-refractivity contribution in [1.29, 1.82) is 0 Å². The molecule has 1 aliphatic carbocycles. The number of nitrogens with zero attached hydrogens (tertiary/aromatic N) is 1. The van der Waals surface area contributed by atoms with Crippen LogP contribution in [0.25, 0.3) is 0 Å². The Kier molecular flexibility index (Phi) is 8.77. The van der Waals surface area contributed by atoms with E-state index in [1.165, 1.54) is 96.7 Å². The van der Waals surface area contributed by atoms with Gasteiger partial charge in [0.25, 0.3) is 0 Å². The summed E-state index contributed by atoms with van der Waals surface area (Å²) in [5.74, 6) is 1.10. The molecule has 3 N–H and O–H groups in total. The lowest BCUT2D eigenvalue weighted by Crippen LogP contribution is -2.38. The van der Waals surface area contributed by atoms with Gasteiger partial charge in [0.05, 0.1) is 24.9 Å². The van der Waals surface area contributed by atoms with Crippen LogP contribution in [0, 0.1) is 5.92 Å². The molecule has 6 nitrogen and oxygen atoms in total. The summed E-state index contributed by atoms with van der Waals surface area (Å²) in [5, 5.41) is 10.4. The van der Waals surface area contributed by atoms with Crippen molar-refractivity contribution >= 4 is 0 Å². The molecule has 0 spiro atoms. The molecule has 8 aliphatic rings. The van der Waals surface area contributed by atoms with E-state index in [9.17, 15) is 0 Å². The third-order valence-electron chi connectivity index (χ3n) is 8.90. The van der Waals surface area contributed by atoms with Crippen LogP contribution in [0.1, 0.15) is 77.0 Å². The second kappa shape index (κ2) is 11.9. The molecule has 0 aromatic heterocycles. The molecule has 8 unspecified atom stereocenters. The zero-order valence-corrected chi connectivity index (χ0v) is 20.2. The van der Waals surface area contributed by atoms with Crippen LogP contribution in [0.5, 0.6) is 0 Å². The summed E-state index contributed by atoms with van der Waals surface area (Å²) < 4.78 is 11.0. The lowest BCUT2D eigenvalue weighted by Gasteiger charge is -2.21. The predicted octanol–water partition coefficient (Wildman–Crippen LogP) is 2.67. The SMILES string of the molecule is C1CC2CCC(C1)N2.C1CC2CCC(C2)N1.C1CC2CNCC1O2.C1CN2CCC(C2)O1. The maximum Gasteiger partial charge on any atom is 0.0714 e. The highest BCUT2D eigenvalue weighted by molar-refractivity contribution is 4.88. The fraction of sp³-hybridized carbons (Fsp3) is 1.00. The molecule has 8 fully saturated rings. The van der Waals surface area contributed by atoms with Gasteiger partial charge in [-0.05, 0) is 83.1 Å². The molecular formula is C26H48N4O2. The molecule has 0 amide bonds. The van der Waals surface area contributed by atoms with Crippen molar-refractivity contribution in [2.75, 3.05) is 45.9 Å². The first-order chi connectivity index (χ1) is 15.8.